The van der Waals surface area contributed by atoms with E-state index in [1.807, 2.05) is 24.9 Å². The van der Waals surface area contributed by atoms with Gasteiger partial charge in [0.15, 0.2) is 5.16 Å². The fourth-order valence-corrected chi connectivity index (χ4v) is 3.00. The number of amides is 1. The topological polar surface area (TPSA) is 97.3 Å². The van der Waals surface area contributed by atoms with E-state index in [4.69, 9.17) is 9.26 Å². The van der Waals surface area contributed by atoms with Crippen LogP contribution in [0.4, 0.5) is 5.88 Å². The summed E-state index contributed by atoms with van der Waals surface area (Å²) >= 11 is 1.28. The van der Waals surface area contributed by atoms with Crippen molar-refractivity contribution < 1.29 is 18.8 Å². The van der Waals surface area contributed by atoms with Crippen LogP contribution in [-0.2, 0) is 9.53 Å². The lowest BCUT2D eigenvalue weighted by atomic mass is 10.4. The minimum Gasteiger partial charge on any atom is -0.377 e. The number of carbonyl (C=O) groups excluding carboxylic acids is 1. The molecule has 3 heterocycles. The molecule has 2 aromatic heterocycles. The van der Waals surface area contributed by atoms with Gasteiger partial charge in [0.1, 0.15) is 0 Å². The monoisotopic (exact) mass is 351 g/mol. The summed E-state index contributed by atoms with van der Waals surface area (Å²) in [6.07, 6.45) is 1.64. The molecular weight excluding hydrogens is 332 g/mol. The second-order valence-corrected chi connectivity index (χ2v) is 6.27. The minimum atomic E-state index is -0.201. The number of hydrogen-bond donors (Lipinski definition) is 1. The van der Waals surface area contributed by atoms with Gasteiger partial charge in [-0.3, -0.25) is 14.6 Å². The quantitative estimate of drug-likeness (QED) is 0.459. The van der Waals surface area contributed by atoms with Crippen molar-refractivity contribution in [3.05, 3.63) is 23.7 Å². The molecule has 0 aliphatic carbocycles. The van der Waals surface area contributed by atoms with Crippen molar-refractivity contribution in [2.24, 2.45) is 0 Å². The number of anilines is 1. The summed E-state index contributed by atoms with van der Waals surface area (Å²) in [6, 6.07) is 1.89. The number of nitrogens with zero attached hydrogens (tertiary/aromatic N) is 5. The number of thioether (sulfide) groups is 1. The number of morpholine rings is 1. The summed E-state index contributed by atoms with van der Waals surface area (Å²) in [5.74, 6) is 0.294. The molecule has 0 atom stereocenters. The summed E-state index contributed by atoms with van der Waals surface area (Å²) in [6.45, 7) is 6.55. The Hall–Kier alpha value is -2.20. The maximum Gasteiger partial charge on any atom is 0.305 e. The van der Waals surface area contributed by atoms with E-state index in [0.29, 0.717) is 24.3 Å². The van der Waals surface area contributed by atoms with E-state index in [1.54, 1.807) is 11.0 Å². The summed E-state index contributed by atoms with van der Waals surface area (Å²) in [5, 5.41) is 9.14. The number of carbonyl (C=O) groups is 1. The Morgan fingerprint density at radius 2 is 2.04 bits per heavy atom. The van der Waals surface area contributed by atoms with Crippen LogP contribution in [0.25, 0.3) is 0 Å². The highest BCUT2D eigenvalue weighted by molar-refractivity contribution is 7.99. The zero-order valence-corrected chi connectivity index (χ0v) is 14.4. The molecule has 0 bridgehead atoms. The summed E-state index contributed by atoms with van der Waals surface area (Å²) in [7, 11) is 0. The van der Waals surface area contributed by atoms with E-state index in [2.05, 4.69) is 20.6 Å². The minimum absolute atomic E-state index is 0.196. The number of aryl methyl sites for hydroxylation is 2. The van der Waals surface area contributed by atoms with Crippen LogP contribution in [0.2, 0.25) is 0 Å². The van der Waals surface area contributed by atoms with Gasteiger partial charge in [-0.15, -0.1) is 5.01 Å². The molecular formula is C14H19N6O3S+. The predicted octanol–water partition coefficient (Wildman–Crippen LogP) is 0.0679. The largest absolute Gasteiger partial charge is 0.377 e. The van der Waals surface area contributed by atoms with Gasteiger partial charge in [-0.1, -0.05) is 11.8 Å². The van der Waals surface area contributed by atoms with Gasteiger partial charge in [-0.25, -0.2) is 9.97 Å². The average molecular weight is 351 g/mol. The van der Waals surface area contributed by atoms with Crippen molar-refractivity contribution in [2.75, 3.05) is 42.4 Å². The van der Waals surface area contributed by atoms with E-state index in [1.165, 1.54) is 11.8 Å². The molecule has 1 aliphatic rings. The second kappa shape index (κ2) is 7.58. The first-order chi connectivity index (χ1) is 11.6. The molecule has 1 aliphatic heterocycles. The van der Waals surface area contributed by atoms with Gasteiger partial charge >= 0.3 is 5.88 Å². The van der Waals surface area contributed by atoms with Crippen LogP contribution in [0.5, 0.6) is 0 Å². The van der Waals surface area contributed by atoms with Crippen molar-refractivity contribution in [1.29, 1.82) is 0 Å². The highest BCUT2D eigenvalue weighted by Gasteiger charge is 2.23. The Balaban J connectivity index is 1.52. The smallest absolute Gasteiger partial charge is 0.305 e. The molecule has 3 rings (SSSR count). The summed E-state index contributed by atoms with van der Waals surface area (Å²) in [5.41, 5.74) is 1.76. The van der Waals surface area contributed by atoms with Gasteiger partial charge < -0.3 is 4.74 Å². The third-order valence-corrected chi connectivity index (χ3v) is 4.14. The van der Waals surface area contributed by atoms with Crippen molar-refractivity contribution in [2.45, 2.75) is 19.0 Å². The third kappa shape index (κ3) is 4.42. The van der Waals surface area contributed by atoms with Crippen LogP contribution < -0.4 is 15.1 Å². The molecule has 2 aromatic rings. The molecule has 0 unspecified atom stereocenters. The van der Waals surface area contributed by atoms with Gasteiger partial charge in [0.05, 0.1) is 36.8 Å². The van der Waals surface area contributed by atoms with Crippen LogP contribution in [0.3, 0.4) is 0 Å². The first kappa shape index (κ1) is 16.7. The predicted molar refractivity (Wildman–Crippen MR) is 86.3 cm³/mol. The lowest BCUT2D eigenvalue weighted by Gasteiger charge is -2.18. The highest BCUT2D eigenvalue weighted by Crippen LogP contribution is 2.14. The molecule has 128 valence electrons. The fourth-order valence-electron chi connectivity index (χ4n) is 2.25. The van der Waals surface area contributed by atoms with E-state index in [-0.39, 0.29) is 11.7 Å². The number of nitrogens with one attached hydrogen (secondary N) is 1. The number of rotatable bonds is 5. The normalized spacial score (nSPS) is 14.7. The van der Waals surface area contributed by atoms with Crippen LogP contribution in [-0.4, -0.2) is 53.2 Å². The third-order valence-electron chi connectivity index (χ3n) is 3.29. The standard InChI is InChI=1S/C14H18N6O3S/c1-10-7-11(2)16-14(15-10)24-9-12(21)17-13-8-20(18-23-13)19-3-5-22-6-4-19/h7-8H,3-6,9H2,1-2H3/p+1. The van der Waals surface area contributed by atoms with Gasteiger partial charge in [0.2, 0.25) is 11.2 Å². The first-order valence-corrected chi connectivity index (χ1v) is 8.55. The van der Waals surface area contributed by atoms with Crippen LogP contribution in [0.15, 0.2) is 21.9 Å². The van der Waals surface area contributed by atoms with E-state index >= 15 is 0 Å². The van der Waals surface area contributed by atoms with Crippen LogP contribution in [0.1, 0.15) is 11.4 Å². The summed E-state index contributed by atoms with van der Waals surface area (Å²) < 4.78 is 10.4. The van der Waals surface area contributed by atoms with Crippen molar-refractivity contribution in [1.82, 2.24) is 15.2 Å². The summed E-state index contributed by atoms with van der Waals surface area (Å²) in [4.78, 5) is 22.2. The fraction of sp³-hybridized carbons (Fsp3) is 0.500. The van der Waals surface area contributed by atoms with Crippen molar-refractivity contribution >= 4 is 23.6 Å². The molecule has 10 heteroatoms. The molecule has 1 fully saturated rings. The Labute approximate surface area is 143 Å². The SMILES string of the molecule is Cc1cc(C)nc(SCC(=O)Nc2c[n+](N3CCOCC3)no2)n1. The van der Waals surface area contributed by atoms with E-state index in [9.17, 15) is 4.79 Å². The molecule has 9 nitrogen and oxygen atoms in total. The molecule has 0 spiro atoms. The Morgan fingerprint density at radius 1 is 1.33 bits per heavy atom. The van der Waals surface area contributed by atoms with E-state index in [0.717, 1.165) is 24.5 Å². The zero-order valence-electron chi connectivity index (χ0n) is 13.6. The lowest BCUT2D eigenvalue weighted by Crippen LogP contribution is -2.62. The first-order valence-electron chi connectivity index (χ1n) is 7.57. The van der Waals surface area contributed by atoms with Crippen LogP contribution >= 0.6 is 11.8 Å². The zero-order chi connectivity index (χ0) is 16.9. The number of aromatic nitrogens is 4. The van der Waals surface area contributed by atoms with Gasteiger partial charge in [-0.2, -0.15) is 0 Å². The van der Waals surface area contributed by atoms with Gasteiger partial charge in [-0.05, 0) is 19.9 Å². The Bertz CT molecular complexity index is 696. The van der Waals surface area contributed by atoms with Gasteiger partial charge in [0.25, 0.3) is 6.20 Å². The maximum atomic E-state index is 12.0. The molecule has 1 N–H and O–H groups in total. The Morgan fingerprint density at radius 3 is 2.75 bits per heavy atom. The van der Waals surface area contributed by atoms with Crippen molar-refractivity contribution in [3.8, 4) is 0 Å². The maximum absolute atomic E-state index is 12.0. The highest BCUT2D eigenvalue weighted by atomic mass is 32.2. The van der Waals surface area contributed by atoms with Gasteiger partial charge in [0, 0.05) is 11.4 Å². The lowest BCUT2D eigenvalue weighted by molar-refractivity contribution is -0.759. The molecule has 1 amide bonds. The Kier molecular flexibility index (Phi) is 5.26. The van der Waals surface area contributed by atoms with Crippen molar-refractivity contribution in [3.63, 3.8) is 0 Å². The number of hydrogen-bond acceptors (Lipinski definition) is 8. The molecule has 0 saturated carbocycles. The second-order valence-electron chi connectivity index (χ2n) is 5.32. The van der Waals surface area contributed by atoms with Crippen LogP contribution in [0, 0.1) is 13.8 Å². The molecule has 0 radical (unpaired) electrons. The number of ether oxygens (including phenoxy) is 1. The molecule has 24 heavy (non-hydrogen) atoms. The van der Waals surface area contributed by atoms with E-state index < -0.39 is 0 Å². The molecule has 1 saturated heterocycles. The average Bonchev–Trinajstić information content (AvgIpc) is 3.01. The molecule has 0 aromatic carbocycles.